The molecule has 0 fully saturated rings. The molecule has 2 aromatic rings. The van der Waals surface area contributed by atoms with Crippen LogP contribution in [0.4, 0.5) is 0 Å². The van der Waals surface area contributed by atoms with Crippen LogP contribution in [0, 0.1) is 6.92 Å². The first-order valence-corrected chi connectivity index (χ1v) is 5.98. The Hall–Kier alpha value is -1.82. The topological polar surface area (TPSA) is 68.0 Å². The average molecular weight is 249 g/mol. The molecular formula is C11H11N3O2S. The van der Waals surface area contributed by atoms with Crippen LogP contribution in [0.25, 0.3) is 5.82 Å². The molecule has 1 N–H and O–H groups in total. The number of carboxylic acid groups (broad SMARTS) is 1. The molecule has 0 unspecified atom stereocenters. The summed E-state index contributed by atoms with van der Waals surface area (Å²) in [5, 5.41) is 13.8. The van der Waals surface area contributed by atoms with Crippen molar-refractivity contribution in [2.24, 2.45) is 0 Å². The van der Waals surface area contributed by atoms with E-state index in [9.17, 15) is 4.79 Å². The SMILES string of the molecule is Cc1cc(SCC(=O)O)n(-c2ccccn2)n1. The third-order valence-corrected chi connectivity index (χ3v) is 2.99. The molecular weight excluding hydrogens is 238 g/mol. The Morgan fingerprint density at radius 2 is 2.35 bits per heavy atom. The molecule has 0 saturated carbocycles. The van der Waals surface area contributed by atoms with Crippen molar-refractivity contribution in [2.45, 2.75) is 11.9 Å². The molecule has 2 rings (SSSR count). The highest BCUT2D eigenvalue weighted by atomic mass is 32.2. The molecule has 0 radical (unpaired) electrons. The van der Waals surface area contributed by atoms with Crippen LogP contribution >= 0.6 is 11.8 Å². The molecule has 2 heterocycles. The van der Waals surface area contributed by atoms with Crippen molar-refractivity contribution < 1.29 is 9.90 Å². The third kappa shape index (κ3) is 2.85. The molecule has 0 aliphatic carbocycles. The van der Waals surface area contributed by atoms with Crippen LogP contribution in [0.5, 0.6) is 0 Å². The van der Waals surface area contributed by atoms with Crippen molar-refractivity contribution in [3.63, 3.8) is 0 Å². The van der Waals surface area contributed by atoms with Crippen molar-refractivity contribution in [1.29, 1.82) is 0 Å². The molecule has 0 aliphatic rings. The van der Waals surface area contributed by atoms with Gasteiger partial charge in [0.05, 0.1) is 11.4 Å². The van der Waals surface area contributed by atoms with E-state index < -0.39 is 5.97 Å². The number of nitrogens with zero attached hydrogens (tertiary/aromatic N) is 3. The zero-order chi connectivity index (χ0) is 12.3. The van der Waals surface area contributed by atoms with Gasteiger partial charge in [-0.25, -0.2) is 9.67 Å². The quantitative estimate of drug-likeness (QED) is 0.836. The van der Waals surface area contributed by atoms with E-state index in [1.165, 1.54) is 11.8 Å². The van der Waals surface area contributed by atoms with Gasteiger partial charge in [0, 0.05) is 6.20 Å². The first-order chi connectivity index (χ1) is 8.16. The highest BCUT2D eigenvalue weighted by molar-refractivity contribution is 7.99. The normalized spacial score (nSPS) is 10.4. The number of carbonyl (C=O) groups is 1. The molecule has 88 valence electrons. The summed E-state index contributed by atoms with van der Waals surface area (Å²) in [5.74, 6) is -0.146. The van der Waals surface area contributed by atoms with Crippen LogP contribution in [0.1, 0.15) is 5.69 Å². The number of pyridine rings is 1. The van der Waals surface area contributed by atoms with Crippen molar-refractivity contribution in [1.82, 2.24) is 14.8 Å². The summed E-state index contributed by atoms with van der Waals surface area (Å²) in [6.45, 7) is 1.87. The van der Waals surface area contributed by atoms with Crippen molar-refractivity contribution in [3.8, 4) is 5.82 Å². The molecule has 5 nitrogen and oxygen atoms in total. The first-order valence-electron chi connectivity index (χ1n) is 4.99. The number of hydrogen-bond donors (Lipinski definition) is 1. The van der Waals surface area contributed by atoms with Crippen molar-refractivity contribution in [3.05, 3.63) is 36.2 Å². The smallest absolute Gasteiger partial charge is 0.313 e. The zero-order valence-corrected chi connectivity index (χ0v) is 10.0. The molecule has 6 heteroatoms. The second-order valence-corrected chi connectivity index (χ2v) is 4.40. The minimum Gasteiger partial charge on any atom is -0.481 e. The third-order valence-electron chi connectivity index (χ3n) is 2.01. The van der Waals surface area contributed by atoms with Gasteiger partial charge < -0.3 is 5.11 Å². The van der Waals surface area contributed by atoms with Crippen LogP contribution in [-0.4, -0.2) is 31.6 Å². The summed E-state index contributed by atoms with van der Waals surface area (Å²) in [7, 11) is 0. The second-order valence-electron chi connectivity index (χ2n) is 3.41. The van der Waals surface area contributed by atoms with E-state index in [0.29, 0.717) is 5.82 Å². The number of aromatic nitrogens is 3. The van der Waals surface area contributed by atoms with Crippen LogP contribution in [-0.2, 0) is 4.79 Å². The fourth-order valence-electron chi connectivity index (χ4n) is 1.36. The predicted octanol–water partition coefficient (Wildman–Crippen LogP) is 1.75. The number of thioether (sulfide) groups is 1. The van der Waals surface area contributed by atoms with Gasteiger partial charge in [-0.2, -0.15) is 5.10 Å². The van der Waals surface area contributed by atoms with Gasteiger partial charge in [-0.1, -0.05) is 17.8 Å². The Morgan fingerprint density at radius 1 is 1.53 bits per heavy atom. The summed E-state index contributed by atoms with van der Waals surface area (Å²) < 4.78 is 1.66. The molecule has 0 aliphatic heterocycles. The maximum Gasteiger partial charge on any atom is 0.313 e. The molecule has 0 bridgehead atoms. The summed E-state index contributed by atoms with van der Waals surface area (Å²) in [4.78, 5) is 14.8. The van der Waals surface area contributed by atoms with Gasteiger partial charge in [-0.15, -0.1) is 0 Å². The molecule has 0 aromatic carbocycles. The zero-order valence-electron chi connectivity index (χ0n) is 9.20. The Kier molecular flexibility index (Phi) is 3.43. The fourth-order valence-corrected chi connectivity index (χ4v) is 2.14. The van der Waals surface area contributed by atoms with E-state index in [2.05, 4.69) is 10.1 Å². The lowest BCUT2D eigenvalue weighted by atomic mass is 10.5. The number of aryl methyl sites for hydroxylation is 1. The van der Waals surface area contributed by atoms with Crippen molar-refractivity contribution in [2.75, 3.05) is 5.75 Å². The van der Waals surface area contributed by atoms with Gasteiger partial charge in [0.15, 0.2) is 5.82 Å². The first kappa shape index (κ1) is 11.7. The average Bonchev–Trinajstić information content (AvgIpc) is 2.69. The van der Waals surface area contributed by atoms with E-state index in [1.807, 2.05) is 31.2 Å². The Labute approximate surface area is 102 Å². The molecule has 0 saturated heterocycles. The van der Waals surface area contributed by atoms with Gasteiger partial charge >= 0.3 is 5.97 Å². The molecule has 0 amide bonds. The predicted molar refractivity (Wildman–Crippen MR) is 64.5 cm³/mol. The standard InChI is InChI=1S/C11H11N3O2S/c1-8-6-10(17-7-11(15)16)14(13-8)9-4-2-3-5-12-9/h2-6H,7H2,1H3,(H,15,16). The number of aliphatic carboxylic acids is 1. The minimum absolute atomic E-state index is 0.0119. The lowest BCUT2D eigenvalue weighted by Crippen LogP contribution is -2.03. The summed E-state index contributed by atoms with van der Waals surface area (Å²) in [6.07, 6.45) is 1.68. The van der Waals surface area contributed by atoms with E-state index >= 15 is 0 Å². The monoisotopic (exact) mass is 249 g/mol. The van der Waals surface area contributed by atoms with E-state index in [-0.39, 0.29) is 5.75 Å². The molecule has 2 aromatic heterocycles. The molecule has 17 heavy (non-hydrogen) atoms. The highest BCUT2D eigenvalue weighted by Gasteiger charge is 2.10. The van der Waals surface area contributed by atoms with E-state index in [4.69, 9.17) is 5.11 Å². The van der Waals surface area contributed by atoms with Crippen LogP contribution in [0.3, 0.4) is 0 Å². The van der Waals surface area contributed by atoms with E-state index in [0.717, 1.165) is 10.7 Å². The van der Waals surface area contributed by atoms with Gasteiger partial charge in [0.25, 0.3) is 0 Å². The van der Waals surface area contributed by atoms with Crippen molar-refractivity contribution >= 4 is 17.7 Å². The maximum absolute atomic E-state index is 10.6. The van der Waals surface area contributed by atoms with Crippen LogP contribution in [0.2, 0.25) is 0 Å². The van der Waals surface area contributed by atoms with Gasteiger partial charge in [-0.3, -0.25) is 4.79 Å². The van der Waals surface area contributed by atoms with Crippen LogP contribution in [0.15, 0.2) is 35.5 Å². The number of rotatable bonds is 4. The second kappa shape index (κ2) is 5.01. The lowest BCUT2D eigenvalue weighted by Gasteiger charge is -2.04. The molecule has 0 spiro atoms. The van der Waals surface area contributed by atoms with Crippen LogP contribution < -0.4 is 0 Å². The lowest BCUT2D eigenvalue weighted by molar-refractivity contribution is -0.133. The Bertz CT molecular complexity index is 525. The Balaban J connectivity index is 2.31. The molecule has 0 atom stereocenters. The highest BCUT2D eigenvalue weighted by Crippen LogP contribution is 2.21. The maximum atomic E-state index is 10.6. The minimum atomic E-state index is -0.846. The van der Waals surface area contributed by atoms with E-state index in [1.54, 1.807) is 10.9 Å². The van der Waals surface area contributed by atoms with Gasteiger partial charge in [0.2, 0.25) is 0 Å². The number of carboxylic acids is 1. The summed E-state index contributed by atoms with van der Waals surface area (Å²) in [6, 6.07) is 7.37. The number of hydrogen-bond acceptors (Lipinski definition) is 4. The summed E-state index contributed by atoms with van der Waals surface area (Å²) >= 11 is 1.23. The van der Waals surface area contributed by atoms with Gasteiger partial charge in [-0.05, 0) is 25.1 Å². The fraction of sp³-hybridized carbons (Fsp3) is 0.182. The largest absolute Gasteiger partial charge is 0.481 e. The Morgan fingerprint density at radius 3 is 3.00 bits per heavy atom. The van der Waals surface area contributed by atoms with Gasteiger partial charge in [0.1, 0.15) is 5.03 Å². The summed E-state index contributed by atoms with van der Waals surface area (Å²) in [5.41, 5.74) is 0.837.